The van der Waals surface area contributed by atoms with E-state index < -0.39 is 9.84 Å². The number of thiazole rings is 1. The third-order valence-electron chi connectivity index (χ3n) is 3.87. The molecule has 0 atom stereocenters. The minimum absolute atomic E-state index is 0.0840. The van der Waals surface area contributed by atoms with Gasteiger partial charge in [0.05, 0.1) is 28.8 Å². The molecule has 0 amide bonds. The zero-order chi connectivity index (χ0) is 19.7. The van der Waals surface area contributed by atoms with Gasteiger partial charge in [0.15, 0.2) is 15.8 Å². The van der Waals surface area contributed by atoms with Crippen molar-refractivity contribution in [3.63, 3.8) is 0 Å². The molecule has 1 aromatic heterocycles. The van der Waals surface area contributed by atoms with Crippen LogP contribution in [0, 0.1) is 6.92 Å². The molecule has 2 aromatic rings. The average Bonchev–Trinajstić information content (AvgIpc) is 3.02. The number of hydrogen-bond donors (Lipinski definition) is 1. The zero-order valence-electron chi connectivity index (χ0n) is 16.2. The van der Waals surface area contributed by atoms with Gasteiger partial charge in [0.2, 0.25) is 0 Å². The summed E-state index contributed by atoms with van der Waals surface area (Å²) in [4.78, 5) is 11.1. The highest BCUT2D eigenvalue weighted by Gasteiger charge is 2.12. The maximum absolute atomic E-state index is 12.3. The second kappa shape index (κ2) is 10.4. The summed E-state index contributed by atoms with van der Waals surface area (Å²) in [6.45, 7) is 5.90. The van der Waals surface area contributed by atoms with Crippen LogP contribution in [0.15, 0.2) is 40.7 Å². The van der Waals surface area contributed by atoms with Gasteiger partial charge in [-0.05, 0) is 25.8 Å². The maximum atomic E-state index is 12.3. The number of aromatic nitrogens is 1. The number of hydrogen-bond acceptors (Lipinski definition) is 5. The maximum Gasteiger partial charge on any atom is 0.194 e. The Morgan fingerprint density at radius 3 is 2.67 bits per heavy atom. The molecule has 1 aromatic carbocycles. The highest BCUT2D eigenvalue weighted by Crippen LogP contribution is 2.10. The molecule has 27 heavy (non-hydrogen) atoms. The summed E-state index contributed by atoms with van der Waals surface area (Å²) in [5.74, 6) is 0.990. The first-order chi connectivity index (χ1) is 12.9. The van der Waals surface area contributed by atoms with Crippen molar-refractivity contribution < 1.29 is 8.42 Å². The van der Waals surface area contributed by atoms with Crippen LogP contribution in [-0.2, 0) is 22.1 Å². The van der Waals surface area contributed by atoms with Crippen LogP contribution in [0.2, 0.25) is 0 Å². The lowest BCUT2D eigenvalue weighted by molar-refractivity contribution is 0.471. The second-order valence-electron chi connectivity index (χ2n) is 6.38. The van der Waals surface area contributed by atoms with Gasteiger partial charge in [0, 0.05) is 25.5 Å². The summed E-state index contributed by atoms with van der Waals surface area (Å²) in [6, 6.07) is 9.29. The molecule has 0 radical (unpaired) electrons. The molecule has 2 rings (SSSR count). The Hall–Kier alpha value is -1.93. The molecule has 0 aliphatic heterocycles. The quantitative estimate of drug-likeness (QED) is 0.392. The van der Waals surface area contributed by atoms with E-state index >= 15 is 0 Å². The van der Waals surface area contributed by atoms with Gasteiger partial charge in [-0.25, -0.2) is 13.4 Å². The van der Waals surface area contributed by atoms with Crippen molar-refractivity contribution in [1.29, 1.82) is 0 Å². The molecule has 6 nitrogen and oxygen atoms in total. The number of aliphatic imine (C=N–C) groups is 1. The van der Waals surface area contributed by atoms with E-state index in [2.05, 4.69) is 15.3 Å². The smallest absolute Gasteiger partial charge is 0.194 e. The topological polar surface area (TPSA) is 74.7 Å². The van der Waals surface area contributed by atoms with Crippen molar-refractivity contribution in [3.8, 4) is 0 Å². The van der Waals surface area contributed by atoms with Crippen molar-refractivity contribution in [2.45, 2.75) is 32.6 Å². The molecule has 8 heteroatoms. The first kappa shape index (κ1) is 21.4. The lowest BCUT2D eigenvalue weighted by atomic mass is 10.2. The van der Waals surface area contributed by atoms with Crippen LogP contribution in [0.25, 0.3) is 0 Å². The van der Waals surface area contributed by atoms with Gasteiger partial charge in [-0.1, -0.05) is 30.3 Å². The molecule has 0 fully saturated rings. The first-order valence-electron chi connectivity index (χ1n) is 9.04. The Bertz CT molecular complexity index is 832. The SMILES string of the molecule is CCNC(=NCCCS(=O)(=O)Cc1ccccc1)N(C)Cc1csc(C)n1. The summed E-state index contributed by atoms with van der Waals surface area (Å²) >= 11 is 1.63. The summed E-state index contributed by atoms with van der Waals surface area (Å²) < 4.78 is 24.5. The third kappa shape index (κ3) is 7.68. The van der Waals surface area contributed by atoms with Gasteiger partial charge in [0.1, 0.15) is 0 Å². The number of sulfone groups is 1. The van der Waals surface area contributed by atoms with Crippen LogP contribution in [-0.4, -0.2) is 50.2 Å². The Labute approximate surface area is 166 Å². The fourth-order valence-electron chi connectivity index (χ4n) is 2.64. The first-order valence-corrected chi connectivity index (χ1v) is 11.7. The van der Waals surface area contributed by atoms with Crippen LogP contribution in [0.3, 0.4) is 0 Å². The van der Waals surface area contributed by atoms with Crippen LogP contribution in [0.4, 0.5) is 0 Å². The van der Waals surface area contributed by atoms with E-state index in [1.165, 1.54) is 0 Å². The zero-order valence-corrected chi connectivity index (χ0v) is 17.8. The molecule has 0 saturated carbocycles. The minimum Gasteiger partial charge on any atom is -0.357 e. The van der Waals surface area contributed by atoms with Crippen molar-refractivity contribution in [2.24, 2.45) is 4.99 Å². The van der Waals surface area contributed by atoms with E-state index in [4.69, 9.17) is 0 Å². The predicted molar refractivity (Wildman–Crippen MR) is 113 cm³/mol. The number of aryl methyl sites for hydroxylation is 1. The standard InChI is InChI=1S/C19H28N4O2S2/c1-4-20-19(23(3)13-18-14-26-16(2)22-18)21-11-8-12-27(24,25)15-17-9-6-5-7-10-17/h5-7,9-10,14H,4,8,11-13,15H2,1-3H3,(H,20,21). The van der Waals surface area contributed by atoms with E-state index in [1.54, 1.807) is 11.3 Å². The second-order valence-corrected chi connectivity index (χ2v) is 9.63. The van der Waals surface area contributed by atoms with Gasteiger partial charge >= 0.3 is 0 Å². The molecule has 0 spiro atoms. The van der Waals surface area contributed by atoms with E-state index in [9.17, 15) is 8.42 Å². The fraction of sp³-hybridized carbons (Fsp3) is 0.474. The van der Waals surface area contributed by atoms with E-state index in [0.717, 1.165) is 28.8 Å². The Balaban J connectivity index is 1.86. The lowest BCUT2D eigenvalue weighted by Crippen LogP contribution is -2.38. The molecule has 0 aliphatic rings. The number of guanidine groups is 1. The number of nitrogens with one attached hydrogen (secondary N) is 1. The average molecular weight is 409 g/mol. The fourth-order valence-corrected chi connectivity index (χ4v) is 4.66. The third-order valence-corrected chi connectivity index (χ3v) is 6.37. The van der Waals surface area contributed by atoms with Crippen molar-refractivity contribution in [2.75, 3.05) is 25.9 Å². The van der Waals surface area contributed by atoms with Gasteiger partial charge < -0.3 is 10.2 Å². The van der Waals surface area contributed by atoms with Crippen LogP contribution >= 0.6 is 11.3 Å². The summed E-state index contributed by atoms with van der Waals surface area (Å²) in [7, 11) is -1.16. The van der Waals surface area contributed by atoms with Crippen LogP contribution < -0.4 is 5.32 Å². The molecule has 1 heterocycles. The minimum atomic E-state index is -3.12. The Morgan fingerprint density at radius 1 is 1.30 bits per heavy atom. The Morgan fingerprint density at radius 2 is 2.04 bits per heavy atom. The lowest BCUT2D eigenvalue weighted by Gasteiger charge is -2.21. The van der Waals surface area contributed by atoms with Crippen LogP contribution in [0.1, 0.15) is 29.6 Å². The molecule has 1 N–H and O–H groups in total. The van der Waals surface area contributed by atoms with E-state index in [1.807, 2.05) is 61.5 Å². The van der Waals surface area contributed by atoms with Gasteiger partial charge in [-0.15, -0.1) is 11.3 Å². The van der Waals surface area contributed by atoms with E-state index in [-0.39, 0.29) is 11.5 Å². The summed E-state index contributed by atoms with van der Waals surface area (Å²) in [6.07, 6.45) is 0.508. The molecule has 0 unspecified atom stereocenters. The highest BCUT2D eigenvalue weighted by atomic mass is 32.2. The molecular formula is C19H28N4O2S2. The van der Waals surface area contributed by atoms with Gasteiger partial charge in [-0.3, -0.25) is 4.99 Å². The molecular weight excluding hydrogens is 380 g/mol. The molecule has 0 bridgehead atoms. The monoisotopic (exact) mass is 408 g/mol. The van der Waals surface area contributed by atoms with Crippen molar-refractivity contribution >= 4 is 27.1 Å². The van der Waals surface area contributed by atoms with Crippen molar-refractivity contribution in [3.05, 3.63) is 52.0 Å². The summed E-state index contributed by atoms with van der Waals surface area (Å²) in [5.41, 5.74) is 1.84. The number of nitrogens with zero attached hydrogens (tertiary/aromatic N) is 3. The largest absolute Gasteiger partial charge is 0.357 e. The van der Waals surface area contributed by atoms with Gasteiger partial charge in [0.25, 0.3) is 0 Å². The normalized spacial score (nSPS) is 12.2. The predicted octanol–water partition coefficient (Wildman–Crippen LogP) is 2.85. The van der Waals surface area contributed by atoms with Crippen molar-refractivity contribution in [1.82, 2.24) is 15.2 Å². The summed E-state index contributed by atoms with van der Waals surface area (Å²) in [5, 5.41) is 6.34. The molecule has 0 saturated heterocycles. The number of rotatable bonds is 9. The van der Waals surface area contributed by atoms with E-state index in [0.29, 0.717) is 19.5 Å². The molecule has 148 valence electrons. The van der Waals surface area contributed by atoms with Gasteiger partial charge in [-0.2, -0.15) is 0 Å². The number of benzene rings is 1. The highest BCUT2D eigenvalue weighted by molar-refractivity contribution is 7.90. The Kier molecular flexibility index (Phi) is 8.24. The van der Waals surface area contributed by atoms with Crippen LogP contribution in [0.5, 0.6) is 0 Å². The molecule has 0 aliphatic carbocycles.